The largest absolute Gasteiger partial charge is 0.478 e. The molecule has 1 amide bonds. The lowest BCUT2D eigenvalue weighted by atomic mass is 10.2. The number of carboxylic acids is 1. The molecule has 3 rings (SSSR count). The predicted molar refractivity (Wildman–Crippen MR) is 74.2 cm³/mol. The van der Waals surface area contributed by atoms with Gasteiger partial charge in [-0.05, 0) is 31.0 Å². The molecule has 1 aromatic carbocycles. The van der Waals surface area contributed by atoms with Gasteiger partial charge in [0.2, 0.25) is 0 Å². The Kier molecular flexibility index (Phi) is 3.37. The minimum Gasteiger partial charge on any atom is -0.478 e. The highest BCUT2D eigenvalue weighted by atomic mass is 32.1. The summed E-state index contributed by atoms with van der Waals surface area (Å²) in [7, 11) is 0. The van der Waals surface area contributed by atoms with E-state index < -0.39 is 12.1 Å². The molecule has 0 spiro atoms. The Bertz CT molecular complexity index is 676. The van der Waals surface area contributed by atoms with Gasteiger partial charge in [-0.25, -0.2) is 9.78 Å². The van der Waals surface area contributed by atoms with Crippen molar-refractivity contribution in [2.45, 2.75) is 18.9 Å². The van der Waals surface area contributed by atoms with Crippen LogP contribution in [0.5, 0.6) is 0 Å². The van der Waals surface area contributed by atoms with Gasteiger partial charge in [-0.2, -0.15) is 0 Å². The Hall–Kier alpha value is -1.99. The average Bonchev–Trinajstić information content (AvgIpc) is 3.06. The van der Waals surface area contributed by atoms with Gasteiger partial charge in [0.15, 0.2) is 5.13 Å². The molecule has 2 aromatic rings. The lowest BCUT2D eigenvalue weighted by Crippen LogP contribution is -2.26. The number of hydrogen-bond donors (Lipinski definition) is 2. The molecule has 1 aliphatic rings. The van der Waals surface area contributed by atoms with Gasteiger partial charge in [0.05, 0.1) is 15.8 Å². The van der Waals surface area contributed by atoms with E-state index in [0.29, 0.717) is 17.3 Å². The number of aromatic carboxylic acids is 1. The van der Waals surface area contributed by atoms with Crippen LogP contribution in [-0.4, -0.2) is 34.7 Å². The maximum absolute atomic E-state index is 11.9. The Labute approximate surface area is 118 Å². The summed E-state index contributed by atoms with van der Waals surface area (Å²) in [5.74, 6) is -1.18. The van der Waals surface area contributed by atoms with Crippen LogP contribution in [-0.2, 0) is 9.53 Å². The van der Waals surface area contributed by atoms with Crippen molar-refractivity contribution in [2.24, 2.45) is 0 Å². The molecule has 0 unspecified atom stereocenters. The lowest BCUT2D eigenvalue weighted by molar-refractivity contribution is -0.124. The zero-order valence-electron chi connectivity index (χ0n) is 10.5. The zero-order valence-corrected chi connectivity index (χ0v) is 11.3. The van der Waals surface area contributed by atoms with Gasteiger partial charge >= 0.3 is 5.97 Å². The molecule has 1 aromatic heterocycles. The minimum absolute atomic E-state index is 0.194. The van der Waals surface area contributed by atoms with Crippen LogP contribution >= 0.6 is 11.3 Å². The molecule has 0 bridgehead atoms. The van der Waals surface area contributed by atoms with Crippen molar-refractivity contribution in [3.63, 3.8) is 0 Å². The fourth-order valence-electron chi connectivity index (χ4n) is 2.08. The molecule has 7 heteroatoms. The molecule has 20 heavy (non-hydrogen) atoms. The van der Waals surface area contributed by atoms with Gasteiger partial charge in [-0.15, -0.1) is 0 Å². The standard InChI is InChI=1S/C13H12N2O4S/c16-11(9-2-1-5-19-9)15-13-14-8-4-3-7(12(17)18)6-10(8)20-13/h3-4,6,9H,1-2,5H2,(H,17,18)(H,14,15,16)/t9-/m0/s1. The van der Waals surface area contributed by atoms with Crippen molar-refractivity contribution in [2.75, 3.05) is 11.9 Å². The highest BCUT2D eigenvalue weighted by Gasteiger charge is 2.24. The third kappa shape index (κ3) is 2.50. The second-order valence-electron chi connectivity index (χ2n) is 4.50. The highest BCUT2D eigenvalue weighted by molar-refractivity contribution is 7.22. The molecule has 104 valence electrons. The van der Waals surface area contributed by atoms with Gasteiger partial charge in [-0.3, -0.25) is 10.1 Å². The fraction of sp³-hybridized carbons (Fsp3) is 0.308. The van der Waals surface area contributed by atoms with Gasteiger partial charge in [0.25, 0.3) is 5.91 Å². The van der Waals surface area contributed by atoms with Crippen LogP contribution in [0.25, 0.3) is 10.2 Å². The second-order valence-corrected chi connectivity index (χ2v) is 5.53. The molecule has 0 aliphatic carbocycles. The molecule has 2 N–H and O–H groups in total. The number of carboxylic acid groups (broad SMARTS) is 1. The third-order valence-corrected chi connectivity index (χ3v) is 4.02. The first-order valence-corrected chi connectivity index (χ1v) is 7.01. The smallest absolute Gasteiger partial charge is 0.335 e. The predicted octanol–water partition coefficient (Wildman–Crippen LogP) is 2.11. The zero-order chi connectivity index (χ0) is 14.1. The Morgan fingerprint density at radius 1 is 1.45 bits per heavy atom. The van der Waals surface area contributed by atoms with E-state index in [1.165, 1.54) is 17.4 Å². The maximum atomic E-state index is 11.9. The minimum atomic E-state index is -0.981. The van der Waals surface area contributed by atoms with Crippen LogP contribution in [0.2, 0.25) is 0 Å². The number of benzene rings is 1. The van der Waals surface area contributed by atoms with Gasteiger partial charge < -0.3 is 9.84 Å². The van der Waals surface area contributed by atoms with Crippen LogP contribution in [0.15, 0.2) is 18.2 Å². The SMILES string of the molecule is O=C(O)c1ccc2nc(NC(=O)[C@@H]3CCCO3)sc2c1. The summed E-state index contributed by atoms with van der Waals surface area (Å²) in [6.45, 7) is 0.611. The van der Waals surface area contributed by atoms with E-state index in [1.807, 2.05) is 0 Å². The first kappa shape index (κ1) is 13.0. The molecule has 1 aliphatic heterocycles. The number of nitrogens with zero attached hydrogens (tertiary/aromatic N) is 1. The summed E-state index contributed by atoms with van der Waals surface area (Å²) in [6, 6.07) is 4.68. The number of rotatable bonds is 3. The fourth-order valence-corrected chi connectivity index (χ4v) is 2.99. The number of ether oxygens (including phenoxy) is 1. The van der Waals surface area contributed by atoms with Gasteiger partial charge in [-0.1, -0.05) is 11.3 Å². The maximum Gasteiger partial charge on any atom is 0.335 e. The van der Waals surface area contributed by atoms with E-state index in [-0.39, 0.29) is 11.5 Å². The van der Waals surface area contributed by atoms with Crippen LogP contribution < -0.4 is 5.32 Å². The van der Waals surface area contributed by atoms with Gasteiger partial charge in [0.1, 0.15) is 6.10 Å². The number of carbonyl (C=O) groups is 2. The van der Waals surface area contributed by atoms with E-state index in [9.17, 15) is 9.59 Å². The lowest BCUT2D eigenvalue weighted by Gasteiger charge is -2.07. The molecule has 1 fully saturated rings. The van der Waals surface area contributed by atoms with Crippen molar-refractivity contribution in [1.29, 1.82) is 0 Å². The van der Waals surface area contributed by atoms with E-state index in [4.69, 9.17) is 9.84 Å². The number of nitrogens with one attached hydrogen (secondary N) is 1. The number of amides is 1. The average molecular weight is 292 g/mol. The first-order chi connectivity index (χ1) is 9.63. The number of carbonyl (C=O) groups excluding carboxylic acids is 1. The van der Waals surface area contributed by atoms with Crippen molar-refractivity contribution < 1.29 is 19.4 Å². The Morgan fingerprint density at radius 3 is 3.00 bits per heavy atom. The normalized spacial score (nSPS) is 18.3. The molecule has 6 nitrogen and oxygen atoms in total. The highest BCUT2D eigenvalue weighted by Crippen LogP contribution is 2.27. The first-order valence-electron chi connectivity index (χ1n) is 6.20. The summed E-state index contributed by atoms with van der Waals surface area (Å²) in [5.41, 5.74) is 0.876. The number of aromatic nitrogens is 1. The summed E-state index contributed by atoms with van der Waals surface area (Å²) < 4.78 is 6.03. The third-order valence-electron chi connectivity index (χ3n) is 3.09. The van der Waals surface area contributed by atoms with Crippen molar-refractivity contribution in [3.8, 4) is 0 Å². The summed E-state index contributed by atoms with van der Waals surface area (Å²) in [4.78, 5) is 27.1. The number of thiazole rings is 1. The quantitative estimate of drug-likeness (QED) is 0.904. The van der Waals surface area contributed by atoms with E-state index in [2.05, 4.69) is 10.3 Å². The van der Waals surface area contributed by atoms with Crippen LogP contribution in [0.4, 0.5) is 5.13 Å². The second kappa shape index (κ2) is 5.18. The molecule has 2 heterocycles. The molecule has 1 saturated heterocycles. The molecule has 0 saturated carbocycles. The summed E-state index contributed by atoms with van der Waals surface area (Å²) in [5, 5.41) is 12.1. The Balaban J connectivity index is 1.81. The summed E-state index contributed by atoms with van der Waals surface area (Å²) in [6.07, 6.45) is 1.20. The molecule has 0 radical (unpaired) electrons. The monoisotopic (exact) mass is 292 g/mol. The van der Waals surface area contributed by atoms with E-state index >= 15 is 0 Å². The molecule has 1 atom stereocenters. The number of anilines is 1. The van der Waals surface area contributed by atoms with Crippen molar-refractivity contribution >= 4 is 38.6 Å². The van der Waals surface area contributed by atoms with Gasteiger partial charge in [0, 0.05) is 6.61 Å². The van der Waals surface area contributed by atoms with E-state index in [1.54, 1.807) is 12.1 Å². The van der Waals surface area contributed by atoms with E-state index in [0.717, 1.165) is 17.5 Å². The van der Waals surface area contributed by atoms with Crippen LogP contribution in [0.3, 0.4) is 0 Å². The molecular weight excluding hydrogens is 280 g/mol. The molecular formula is C13H12N2O4S. The van der Waals surface area contributed by atoms with Crippen LogP contribution in [0.1, 0.15) is 23.2 Å². The number of fused-ring (bicyclic) bond motifs is 1. The number of hydrogen-bond acceptors (Lipinski definition) is 5. The Morgan fingerprint density at radius 2 is 2.30 bits per heavy atom. The summed E-state index contributed by atoms with van der Waals surface area (Å²) >= 11 is 1.25. The van der Waals surface area contributed by atoms with Crippen molar-refractivity contribution in [1.82, 2.24) is 4.98 Å². The van der Waals surface area contributed by atoms with Crippen LogP contribution in [0, 0.1) is 0 Å². The van der Waals surface area contributed by atoms with Crippen molar-refractivity contribution in [3.05, 3.63) is 23.8 Å². The topological polar surface area (TPSA) is 88.5 Å².